The predicted octanol–water partition coefficient (Wildman–Crippen LogP) is 4.54. The molecule has 1 unspecified atom stereocenters. The summed E-state index contributed by atoms with van der Waals surface area (Å²) in [4.78, 5) is 0. The van der Waals surface area contributed by atoms with Gasteiger partial charge in [0.05, 0.1) is 5.56 Å². The van der Waals surface area contributed by atoms with Gasteiger partial charge >= 0.3 is 6.18 Å². The number of rotatable bonds is 2. The number of benzene rings is 2. The van der Waals surface area contributed by atoms with Crippen LogP contribution in [-0.2, 0) is 6.18 Å². The summed E-state index contributed by atoms with van der Waals surface area (Å²) >= 11 is 0. The van der Waals surface area contributed by atoms with Gasteiger partial charge in [-0.05, 0) is 43.2 Å². The Bertz CT molecular complexity index is 662. The van der Waals surface area contributed by atoms with E-state index in [0.717, 1.165) is 17.7 Å². The first kappa shape index (κ1) is 15.5. The zero-order valence-corrected chi connectivity index (χ0v) is 11.5. The van der Waals surface area contributed by atoms with Crippen molar-refractivity contribution in [3.8, 4) is 0 Å². The van der Waals surface area contributed by atoms with E-state index < -0.39 is 29.2 Å². The van der Waals surface area contributed by atoms with Crippen molar-refractivity contribution in [2.45, 2.75) is 26.1 Å². The summed E-state index contributed by atoms with van der Waals surface area (Å²) < 4.78 is 52.3. The molecule has 0 saturated carbocycles. The summed E-state index contributed by atoms with van der Waals surface area (Å²) in [5.74, 6) is -0.817. The van der Waals surface area contributed by atoms with Crippen molar-refractivity contribution in [2.75, 3.05) is 0 Å². The molecular weight excluding hydrogens is 284 g/mol. The Kier molecular flexibility index (Phi) is 4.05. The van der Waals surface area contributed by atoms with Crippen molar-refractivity contribution in [3.05, 3.63) is 70.0 Å². The van der Waals surface area contributed by atoms with E-state index in [4.69, 9.17) is 0 Å². The molecule has 0 aliphatic heterocycles. The zero-order valence-electron chi connectivity index (χ0n) is 11.5. The minimum absolute atomic E-state index is 0.339. The van der Waals surface area contributed by atoms with E-state index in [2.05, 4.69) is 0 Å². The van der Waals surface area contributed by atoms with Crippen molar-refractivity contribution in [1.82, 2.24) is 0 Å². The summed E-state index contributed by atoms with van der Waals surface area (Å²) in [6.07, 6.45) is -6.18. The van der Waals surface area contributed by atoms with Crippen LogP contribution in [0.5, 0.6) is 0 Å². The molecule has 21 heavy (non-hydrogen) atoms. The molecule has 2 aromatic rings. The minimum atomic E-state index is -4.65. The first-order valence-corrected chi connectivity index (χ1v) is 6.32. The highest BCUT2D eigenvalue weighted by atomic mass is 19.4. The van der Waals surface area contributed by atoms with Crippen LogP contribution >= 0.6 is 0 Å². The molecule has 0 saturated heterocycles. The summed E-state index contributed by atoms with van der Waals surface area (Å²) in [5, 5.41) is 10.3. The van der Waals surface area contributed by atoms with Crippen LogP contribution in [0.2, 0.25) is 0 Å². The van der Waals surface area contributed by atoms with Crippen molar-refractivity contribution >= 4 is 0 Å². The van der Waals surface area contributed by atoms with Crippen LogP contribution in [0.25, 0.3) is 0 Å². The summed E-state index contributed by atoms with van der Waals surface area (Å²) in [6.45, 7) is 3.45. The fourth-order valence-corrected chi connectivity index (χ4v) is 2.24. The van der Waals surface area contributed by atoms with Crippen molar-refractivity contribution in [2.24, 2.45) is 0 Å². The van der Waals surface area contributed by atoms with E-state index >= 15 is 0 Å². The molecule has 1 nitrogen and oxygen atoms in total. The Hall–Kier alpha value is -1.88. The molecule has 5 heteroatoms. The lowest BCUT2D eigenvalue weighted by molar-refractivity contribution is -0.139. The molecule has 0 heterocycles. The van der Waals surface area contributed by atoms with E-state index in [1.807, 2.05) is 0 Å². The van der Waals surface area contributed by atoms with E-state index in [0.29, 0.717) is 17.2 Å². The van der Waals surface area contributed by atoms with Crippen molar-refractivity contribution in [1.29, 1.82) is 0 Å². The fraction of sp³-hybridized carbons (Fsp3) is 0.250. The highest BCUT2D eigenvalue weighted by Crippen LogP contribution is 2.37. The summed E-state index contributed by atoms with van der Waals surface area (Å²) in [7, 11) is 0. The largest absolute Gasteiger partial charge is 0.416 e. The van der Waals surface area contributed by atoms with Gasteiger partial charge in [-0.1, -0.05) is 23.8 Å². The molecule has 0 aromatic heterocycles. The Labute approximate surface area is 119 Å². The molecule has 0 bridgehead atoms. The van der Waals surface area contributed by atoms with Gasteiger partial charge in [-0.15, -0.1) is 0 Å². The van der Waals surface area contributed by atoms with Crippen molar-refractivity contribution < 1.29 is 22.7 Å². The summed E-state index contributed by atoms with van der Waals surface area (Å²) in [5.41, 5.74) is 0.282. The molecule has 2 aromatic carbocycles. The van der Waals surface area contributed by atoms with Gasteiger partial charge < -0.3 is 5.11 Å². The van der Waals surface area contributed by atoms with Crippen molar-refractivity contribution in [3.63, 3.8) is 0 Å². The van der Waals surface area contributed by atoms with Crippen LogP contribution in [0.1, 0.15) is 33.9 Å². The number of alkyl halides is 3. The van der Waals surface area contributed by atoms with E-state index in [1.54, 1.807) is 32.0 Å². The number of hydrogen-bond acceptors (Lipinski definition) is 1. The molecule has 1 N–H and O–H groups in total. The average molecular weight is 298 g/mol. The molecule has 0 fully saturated rings. The third kappa shape index (κ3) is 3.24. The Morgan fingerprint density at radius 3 is 2.24 bits per heavy atom. The molecule has 0 amide bonds. The van der Waals surface area contributed by atoms with Crippen LogP contribution < -0.4 is 0 Å². The lowest BCUT2D eigenvalue weighted by Crippen LogP contribution is -2.14. The third-order valence-corrected chi connectivity index (χ3v) is 3.34. The van der Waals surface area contributed by atoms with Crippen LogP contribution in [0.15, 0.2) is 36.4 Å². The number of aliphatic hydroxyl groups is 1. The van der Waals surface area contributed by atoms with Gasteiger partial charge in [0, 0.05) is 5.56 Å². The van der Waals surface area contributed by atoms with Gasteiger partial charge in [0.1, 0.15) is 11.9 Å². The smallest absolute Gasteiger partial charge is 0.384 e. The normalized spacial score (nSPS) is 13.3. The quantitative estimate of drug-likeness (QED) is 0.807. The second-order valence-electron chi connectivity index (χ2n) is 4.99. The maximum Gasteiger partial charge on any atom is 0.416 e. The Morgan fingerprint density at radius 2 is 1.62 bits per heavy atom. The predicted molar refractivity (Wildman–Crippen MR) is 71.4 cm³/mol. The molecular formula is C16H14F4O. The molecule has 2 rings (SSSR count). The molecule has 112 valence electrons. The van der Waals surface area contributed by atoms with Gasteiger partial charge in [-0.25, -0.2) is 4.39 Å². The van der Waals surface area contributed by atoms with Gasteiger partial charge in [0.25, 0.3) is 0 Å². The minimum Gasteiger partial charge on any atom is -0.384 e. The summed E-state index contributed by atoms with van der Waals surface area (Å²) in [6, 6.07) is 7.23. The molecule has 0 aliphatic carbocycles. The first-order chi connectivity index (χ1) is 9.70. The second kappa shape index (κ2) is 5.48. The lowest BCUT2D eigenvalue weighted by Gasteiger charge is -2.20. The van der Waals surface area contributed by atoms with E-state index in [-0.39, 0.29) is 0 Å². The highest BCUT2D eigenvalue weighted by Gasteiger charge is 2.35. The maximum absolute atomic E-state index is 13.3. The average Bonchev–Trinajstić information content (AvgIpc) is 2.39. The third-order valence-electron chi connectivity index (χ3n) is 3.34. The topological polar surface area (TPSA) is 20.2 Å². The molecule has 1 atom stereocenters. The second-order valence-corrected chi connectivity index (χ2v) is 4.99. The highest BCUT2D eigenvalue weighted by molar-refractivity contribution is 5.42. The Morgan fingerprint density at radius 1 is 0.952 bits per heavy atom. The van der Waals surface area contributed by atoms with Gasteiger partial charge in [-0.2, -0.15) is 13.2 Å². The van der Waals surface area contributed by atoms with Gasteiger partial charge in [0.15, 0.2) is 0 Å². The number of aliphatic hydroxyl groups excluding tert-OH is 1. The molecule has 0 radical (unpaired) electrons. The van der Waals surface area contributed by atoms with E-state index in [9.17, 15) is 22.7 Å². The SMILES string of the molecule is Cc1ccc(C)c(C(O)c2cc(F)ccc2C(F)(F)F)c1. The number of aryl methyl sites for hydroxylation is 2. The van der Waals surface area contributed by atoms with Crippen LogP contribution in [0.4, 0.5) is 17.6 Å². The van der Waals surface area contributed by atoms with Crippen LogP contribution in [0.3, 0.4) is 0 Å². The van der Waals surface area contributed by atoms with Crippen LogP contribution in [0, 0.1) is 19.7 Å². The number of halogens is 4. The molecule has 0 spiro atoms. The zero-order chi connectivity index (χ0) is 15.8. The van der Waals surface area contributed by atoms with Gasteiger partial charge in [0.2, 0.25) is 0 Å². The standard InChI is InChI=1S/C16H14F4O/c1-9-3-4-10(2)12(7-9)15(21)13-8-11(17)5-6-14(13)16(18,19)20/h3-8,15,21H,1-2H3. The Balaban J connectivity index is 2.60. The first-order valence-electron chi connectivity index (χ1n) is 6.32. The lowest BCUT2D eigenvalue weighted by atomic mass is 9.92. The number of hydrogen-bond donors (Lipinski definition) is 1. The fourth-order valence-electron chi connectivity index (χ4n) is 2.24. The molecule has 0 aliphatic rings. The maximum atomic E-state index is 13.3. The monoisotopic (exact) mass is 298 g/mol. The van der Waals surface area contributed by atoms with Gasteiger partial charge in [-0.3, -0.25) is 0 Å². The van der Waals surface area contributed by atoms with E-state index in [1.165, 1.54) is 0 Å². The van der Waals surface area contributed by atoms with Crippen LogP contribution in [-0.4, -0.2) is 5.11 Å².